The van der Waals surface area contributed by atoms with Crippen molar-refractivity contribution in [3.05, 3.63) is 65.7 Å². The number of carbonyl (C=O) groups is 5. The van der Waals surface area contributed by atoms with E-state index in [0.717, 1.165) is 5.56 Å². The van der Waals surface area contributed by atoms with Crippen molar-refractivity contribution in [2.24, 2.45) is 0 Å². The number of amides is 5. The summed E-state index contributed by atoms with van der Waals surface area (Å²) in [5.74, 6) is -2.09. The number of ether oxygens (including phenoxy) is 2. The monoisotopic (exact) mass is 543 g/mol. The molecule has 6 N–H and O–H groups in total. The Balaban J connectivity index is 1.84. The lowest BCUT2D eigenvalue weighted by Crippen LogP contribution is -2.55. The van der Waals surface area contributed by atoms with Gasteiger partial charge in [0, 0.05) is 6.42 Å². The molecule has 0 aliphatic heterocycles. The molecule has 5 amide bonds. The maximum Gasteiger partial charge on any atom is 0.426 e. The maximum atomic E-state index is 12.7. The molecule has 0 spiro atoms. The Morgan fingerprint density at radius 2 is 1.44 bits per heavy atom. The number of phenols is 1. The molecule has 0 heterocycles. The zero-order valence-electron chi connectivity index (χ0n) is 21.9. The number of benzene rings is 2. The summed E-state index contributed by atoms with van der Waals surface area (Å²) >= 11 is 0. The number of carbonyl (C=O) groups excluding carboxylic acids is 5. The van der Waals surface area contributed by atoms with Crippen LogP contribution in [0.25, 0.3) is 0 Å². The molecule has 2 aromatic rings. The highest BCUT2D eigenvalue weighted by molar-refractivity contribution is 5.91. The minimum absolute atomic E-state index is 0.0105. The van der Waals surface area contributed by atoms with Crippen LogP contribution in [-0.4, -0.2) is 59.7 Å². The fourth-order valence-corrected chi connectivity index (χ4v) is 2.99. The second kappa shape index (κ2) is 14.8. The Bertz CT molecular complexity index is 1130. The average molecular weight is 544 g/mol. The van der Waals surface area contributed by atoms with Gasteiger partial charge in [-0.15, -0.1) is 0 Å². The Morgan fingerprint density at radius 3 is 2.08 bits per heavy atom. The smallest absolute Gasteiger partial charge is 0.426 e. The van der Waals surface area contributed by atoms with E-state index in [4.69, 9.17) is 9.47 Å². The van der Waals surface area contributed by atoms with Gasteiger partial charge in [0.15, 0.2) is 0 Å². The summed E-state index contributed by atoms with van der Waals surface area (Å²) in [6, 6.07) is 13.8. The van der Waals surface area contributed by atoms with E-state index in [0.29, 0.717) is 5.56 Å². The first-order valence-corrected chi connectivity index (χ1v) is 12.0. The number of alkyl carbamates (subject to hydrolysis) is 1. The van der Waals surface area contributed by atoms with Crippen LogP contribution in [0.4, 0.5) is 9.59 Å². The summed E-state index contributed by atoms with van der Waals surface area (Å²) in [5.41, 5.74) is 4.89. The molecule has 0 aliphatic carbocycles. The van der Waals surface area contributed by atoms with Crippen LogP contribution in [0, 0.1) is 0 Å². The molecule has 0 radical (unpaired) electrons. The molecule has 0 saturated heterocycles. The van der Waals surface area contributed by atoms with Gasteiger partial charge in [0.1, 0.15) is 30.5 Å². The lowest BCUT2D eigenvalue weighted by atomic mass is 10.1. The van der Waals surface area contributed by atoms with Gasteiger partial charge >= 0.3 is 12.2 Å². The van der Waals surface area contributed by atoms with Crippen molar-refractivity contribution in [2.45, 2.75) is 45.4 Å². The highest BCUT2D eigenvalue weighted by Gasteiger charge is 2.23. The van der Waals surface area contributed by atoms with Gasteiger partial charge in [0.25, 0.3) is 5.91 Å². The highest BCUT2D eigenvalue weighted by Crippen LogP contribution is 2.11. The van der Waals surface area contributed by atoms with Gasteiger partial charge in [-0.05, 0) is 44.0 Å². The van der Waals surface area contributed by atoms with Crippen molar-refractivity contribution in [1.82, 2.24) is 26.8 Å². The molecule has 2 rings (SSSR count). The van der Waals surface area contributed by atoms with E-state index >= 15 is 0 Å². The molecular formula is C26H33N5O8. The van der Waals surface area contributed by atoms with Crippen LogP contribution >= 0.6 is 0 Å². The summed E-state index contributed by atoms with van der Waals surface area (Å²) in [6.45, 7) is 4.07. The van der Waals surface area contributed by atoms with Crippen LogP contribution in [0.1, 0.15) is 31.9 Å². The van der Waals surface area contributed by atoms with Crippen molar-refractivity contribution < 1.29 is 38.6 Å². The highest BCUT2D eigenvalue weighted by atomic mass is 16.6. The molecule has 1 atom stereocenters. The third-order valence-corrected chi connectivity index (χ3v) is 4.77. The van der Waals surface area contributed by atoms with Gasteiger partial charge < -0.3 is 30.5 Å². The van der Waals surface area contributed by atoms with Crippen LogP contribution < -0.4 is 26.8 Å². The number of rotatable bonds is 10. The van der Waals surface area contributed by atoms with Gasteiger partial charge in [0.2, 0.25) is 11.8 Å². The second-order valence-electron chi connectivity index (χ2n) is 9.30. The quantitative estimate of drug-likeness (QED) is 0.240. The van der Waals surface area contributed by atoms with E-state index in [2.05, 4.69) is 26.8 Å². The van der Waals surface area contributed by atoms with E-state index in [1.807, 2.05) is 6.07 Å². The fraction of sp³-hybridized carbons (Fsp3) is 0.346. The summed E-state index contributed by atoms with van der Waals surface area (Å²) < 4.78 is 10.1. The summed E-state index contributed by atoms with van der Waals surface area (Å²) in [6.07, 6.45) is -1.69. The second-order valence-corrected chi connectivity index (χ2v) is 9.30. The minimum Gasteiger partial charge on any atom is -0.508 e. The number of hydrogen-bond donors (Lipinski definition) is 6. The zero-order chi connectivity index (χ0) is 28.8. The van der Waals surface area contributed by atoms with Crippen LogP contribution in [0.15, 0.2) is 54.6 Å². The van der Waals surface area contributed by atoms with E-state index in [1.54, 1.807) is 57.2 Å². The molecule has 0 saturated carbocycles. The lowest BCUT2D eigenvalue weighted by Gasteiger charge is -2.22. The molecule has 13 heteroatoms. The maximum absolute atomic E-state index is 12.7. The van der Waals surface area contributed by atoms with Crippen LogP contribution in [0.2, 0.25) is 0 Å². The van der Waals surface area contributed by atoms with Crippen molar-refractivity contribution in [3.8, 4) is 5.75 Å². The minimum atomic E-state index is -1.15. The molecule has 2 aromatic carbocycles. The largest absolute Gasteiger partial charge is 0.508 e. The topological polar surface area (TPSA) is 184 Å². The Kier molecular flexibility index (Phi) is 11.5. The number of nitrogens with one attached hydrogen (secondary N) is 5. The molecule has 0 bridgehead atoms. The van der Waals surface area contributed by atoms with E-state index in [-0.39, 0.29) is 18.8 Å². The van der Waals surface area contributed by atoms with Crippen LogP contribution in [-0.2, 0) is 36.9 Å². The molecule has 210 valence electrons. The molecule has 13 nitrogen and oxygen atoms in total. The summed E-state index contributed by atoms with van der Waals surface area (Å²) in [4.78, 5) is 60.8. The molecule has 0 unspecified atom stereocenters. The third kappa shape index (κ3) is 12.8. The molecule has 39 heavy (non-hydrogen) atoms. The Labute approximate surface area is 225 Å². The summed E-state index contributed by atoms with van der Waals surface area (Å²) in [5, 5.41) is 16.6. The first-order chi connectivity index (χ1) is 18.4. The third-order valence-electron chi connectivity index (χ3n) is 4.77. The van der Waals surface area contributed by atoms with Gasteiger partial charge in [-0.1, -0.05) is 42.5 Å². The van der Waals surface area contributed by atoms with Crippen molar-refractivity contribution >= 4 is 29.9 Å². The van der Waals surface area contributed by atoms with Gasteiger partial charge in [0.05, 0.1) is 6.54 Å². The van der Waals surface area contributed by atoms with E-state index in [9.17, 15) is 29.1 Å². The van der Waals surface area contributed by atoms with Crippen molar-refractivity contribution in [1.29, 1.82) is 0 Å². The van der Waals surface area contributed by atoms with Gasteiger partial charge in [-0.2, -0.15) is 0 Å². The first kappa shape index (κ1) is 30.4. The lowest BCUT2D eigenvalue weighted by molar-refractivity contribution is -0.130. The summed E-state index contributed by atoms with van der Waals surface area (Å²) in [7, 11) is 0. The number of hydrogen-bond acceptors (Lipinski definition) is 8. The normalized spacial score (nSPS) is 11.4. The molecule has 0 fully saturated rings. The average Bonchev–Trinajstić information content (AvgIpc) is 2.88. The molecule has 0 aromatic heterocycles. The number of aromatic hydroxyl groups is 1. The SMILES string of the molecule is CC(C)(C)OC(=O)NNC(=O)[C@H](Cc1ccc(O)cc1)NC(=O)CNC(=O)CNC(=O)OCc1ccccc1. The van der Waals surface area contributed by atoms with Crippen molar-refractivity contribution in [2.75, 3.05) is 13.1 Å². The zero-order valence-corrected chi connectivity index (χ0v) is 21.9. The van der Waals surface area contributed by atoms with Gasteiger partial charge in [-0.3, -0.25) is 19.8 Å². The standard InChI is InChI=1S/C26H33N5O8/c1-26(2,3)39-25(37)31-30-23(35)20(13-17-9-11-19(32)12-10-17)29-22(34)15-27-21(33)14-28-24(36)38-16-18-7-5-4-6-8-18/h4-12,20,32H,13-16H2,1-3H3,(H,27,33)(H,28,36)(H,29,34)(H,30,35)(H,31,37)/t20-/m0/s1. The van der Waals surface area contributed by atoms with Crippen LogP contribution in [0.5, 0.6) is 5.75 Å². The molecule has 0 aliphatic rings. The Morgan fingerprint density at radius 1 is 0.795 bits per heavy atom. The van der Waals surface area contributed by atoms with Crippen LogP contribution in [0.3, 0.4) is 0 Å². The van der Waals surface area contributed by atoms with E-state index in [1.165, 1.54) is 12.1 Å². The first-order valence-electron chi connectivity index (χ1n) is 12.0. The predicted octanol–water partition coefficient (Wildman–Crippen LogP) is 1.02. The number of hydrazine groups is 1. The van der Waals surface area contributed by atoms with E-state index < -0.39 is 54.6 Å². The fourth-order valence-electron chi connectivity index (χ4n) is 2.99. The molecular weight excluding hydrogens is 510 g/mol. The van der Waals surface area contributed by atoms with Crippen molar-refractivity contribution in [3.63, 3.8) is 0 Å². The van der Waals surface area contributed by atoms with Gasteiger partial charge in [-0.25, -0.2) is 15.0 Å². The predicted molar refractivity (Wildman–Crippen MR) is 139 cm³/mol. The number of phenolic OH excluding ortho intramolecular Hbond substituents is 1. The Hall–Kier alpha value is -4.81.